The van der Waals surface area contributed by atoms with Crippen molar-refractivity contribution in [1.29, 1.82) is 0 Å². The molecular formula is C10H14N4O2. The molecule has 2 N–H and O–H groups in total. The molecule has 0 amide bonds. The van der Waals surface area contributed by atoms with Gasteiger partial charge in [0, 0.05) is 32.0 Å². The molecule has 16 heavy (non-hydrogen) atoms. The number of aryl methyl sites for hydroxylation is 1. The molecule has 1 aromatic heterocycles. The molecule has 1 saturated heterocycles. The van der Waals surface area contributed by atoms with E-state index in [1.807, 2.05) is 6.92 Å². The Morgan fingerprint density at radius 1 is 1.56 bits per heavy atom. The van der Waals surface area contributed by atoms with Gasteiger partial charge in [-0.2, -0.15) is 0 Å². The van der Waals surface area contributed by atoms with Gasteiger partial charge in [0.1, 0.15) is 6.04 Å². The van der Waals surface area contributed by atoms with Crippen LogP contribution in [0.5, 0.6) is 0 Å². The van der Waals surface area contributed by atoms with E-state index in [2.05, 4.69) is 15.3 Å². The second-order valence-corrected chi connectivity index (χ2v) is 3.81. The van der Waals surface area contributed by atoms with Crippen molar-refractivity contribution in [3.63, 3.8) is 0 Å². The summed E-state index contributed by atoms with van der Waals surface area (Å²) in [6.07, 6.45) is 3.40. The fourth-order valence-electron chi connectivity index (χ4n) is 1.70. The first kappa shape index (κ1) is 10.8. The standard InChI is InChI=1S/C10H14N4O2/c1-7-4-12-10(13-5-7)14-3-2-11-6-8(14)9(15)16/h4-5,8,11H,2-3,6H2,1H3,(H,15,16). The van der Waals surface area contributed by atoms with Gasteiger partial charge in [-0.15, -0.1) is 0 Å². The first-order valence-corrected chi connectivity index (χ1v) is 5.17. The number of rotatable bonds is 2. The van der Waals surface area contributed by atoms with Gasteiger partial charge < -0.3 is 15.3 Å². The molecule has 1 aliphatic rings. The van der Waals surface area contributed by atoms with Crippen molar-refractivity contribution in [2.75, 3.05) is 24.5 Å². The first-order chi connectivity index (χ1) is 7.68. The Balaban J connectivity index is 2.23. The molecule has 0 saturated carbocycles. The number of aliphatic carboxylic acids is 1. The number of hydrogen-bond donors (Lipinski definition) is 2. The molecule has 1 aliphatic heterocycles. The van der Waals surface area contributed by atoms with E-state index in [4.69, 9.17) is 5.11 Å². The number of carboxylic acids is 1. The fraction of sp³-hybridized carbons (Fsp3) is 0.500. The maximum atomic E-state index is 11.1. The van der Waals surface area contributed by atoms with Crippen LogP contribution in [-0.2, 0) is 4.79 Å². The minimum absolute atomic E-state index is 0.423. The predicted molar refractivity (Wildman–Crippen MR) is 58.4 cm³/mol. The highest BCUT2D eigenvalue weighted by atomic mass is 16.4. The number of carbonyl (C=O) groups is 1. The van der Waals surface area contributed by atoms with Crippen LogP contribution >= 0.6 is 0 Å². The van der Waals surface area contributed by atoms with E-state index in [-0.39, 0.29) is 0 Å². The molecule has 0 bridgehead atoms. The summed E-state index contributed by atoms with van der Waals surface area (Å²) in [5, 5.41) is 12.1. The zero-order chi connectivity index (χ0) is 11.5. The Labute approximate surface area is 93.3 Å². The van der Waals surface area contributed by atoms with Crippen molar-refractivity contribution in [2.45, 2.75) is 13.0 Å². The lowest BCUT2D eigenvalue weighted by molar-refractivity contribution is -0.138. The van der Waals surface area contributed by atoms with Crippen molar-refractivity contribution < 1.29 is 9.90 Å². The normalized spacial score (nSPS) is 20.8. The summed E-state index contributed by atoms with van der Waals surface area (Å²) >= 11 is 0. The number of aromatic nitrogens is 2. The third-order valence-electron chi connectivity index (χ3n) is 2.55. The highest BCUT2D eigenvalue weighted by Crippen LogP contribution is 2.12. The van der Waals surface area contributed by atoms with Gasteiger partial charge in [0.25, 0.3) is 0 Å². The molecule has 1 atom stereocenters. The van der Waals surface area contributed by atoms with Gasteiger partial charge in [0.05, 0.1) is 0 Å². The molecule has 6 heteroatoms. The Morgan fingerprint density at radius 3 is 2.88 bits per heavy atom. The van der Waals surface area contributed by atoms with Gasteiger partial charge >= 0.3 is 5.97 Å². The van der Waals surface area contributed by atoms with Crippen molar-refractivity contribution in [3.05, 3.63) is 18.0 Å². The van der Waals surface area contributed by atoms with E-state index in [0.717, 1.165) is 12.1 Å². The number of carboxylic acid groups (broad SMARTS) is 1. The summed E-state index contributed by atoms with van der Waals surface area (Å²) in [5.41, 5.74) is 0.964. The van der Waals surface area contributed by atoms with Crippen LogP contribution in [0.4, 0.5) is 5.95 Å². The van der Waals surface area contributed by atoms with Gasteiger partial charge in [0.15, 0.2) is 0 Å². The molecule has 0 aromatic carbocycles. The Bertz CT molecular complexity index is 379. The van der Waals surface area contributed by atoms with Crippen molar-refractivity contribution in [3.8, 4) is 0 Å². The Morgan fingerprint density at radius 2 is 2.25 bits per heavy atom. The van der Waals surface area contributed by atoms with Crippen LogP contribution < -0.4 is 10.2 Å². The average Bonchev–Trinajstić information content (AvgIpc) is 2.30. The number of anilines is 1. The van der Waals surface area contributed by atoms with E-state index in [9.17, 15) is 4.79 Å². The topological polar surface area (TPSA) is 78.4 Å². The third-order valence-corrected chi connectivity index (χ3v) is 2.55. The van der Waals surface area contributed by atoms with Crippen LogP contribution in [-0.4, -0.2) is 46.7 Å². The summed E-state index contributed by atoms with van der Waals surface area (Å²) < 4.78 is 0. The summed E-state index contributed by atoms with van der Waals surface area (Å²) in [4.78, 5) is 21.1. The molecular weight excluding hydrogens is 208 g/mol. The van der Waals surface area contributed by atoms with Crippen molar-refractivity contribution in [2.24, 2.45) is 0 Å². The van der Waals surface area contributed by atoms with Crippen molar-refractivity contribution >= 4 is 11.9 Å². The second kappa shape index (κ2) is 4.44. The molecule has 0 radical (unpaired) electrons. The largest absolute Gasteiger partial charge is 0.480 e. The highest BCUT2D eigenvalue weighted by molar-refractivity contribution is 5.78. The van der Waals surface area contributed by atoms with E-state index in [1.165, 1.54) is 0 Å². The zero-order valence-electron chi connectivity index (χ0n) is 9.05. The first-order valence-electron chi connectivity index (χ1n) is 5.17. The molecule has 1 aromatic rings. The quantitative estimate of drug-likeness (QED) is 0.712. The van der Waals surface area contributed by atoms with Crippen LogP contribution in [0.15, 0.2) is 12.4 Å². The molecule has 0 spiro atoms. The van der Waals surface area contributed by atoms with Gasteiger partial charge in [-0.3, -0.25) is 0 Å². The fourth-order valence-corrected chi connectivity index (χ4v) is 1.70. The van der Waals surface area contributed by atoms with Gasteiger partial charge in [0.2, 0.25) is 5.95 Å². The summed E-state index contributed by atoms with van der Waals surface area (Å²) in [7, 11) is 0. The number of hydrogen-bond acceptors (Lipinski definition) is 5. The van der Waals surface area contributed by atoms with E-state index >= 15 is 0 Å². The summed E-state index contributed by atoms with van der Waals surface area (Å²) in [6.45, 7) is 3.68. The highest BCUT2D eigenvalue weighted by Gasteiger charge is 2.29. The SMILES string of the molecule is Cc1cnc(N2CCNCC2C(=O)O)nc1. The minimum atomic E-state index is -0.851. The number of nitrogens with zero attached hydrogens (tertiary/aromatic N) is 3. The van der Waals surface area contributed by atoms with E-state index < -0.39 is 12.0 Å². The molecule has 0 aliphatic carbocycles. The third kappa shape index (κ3) is 2.11. The van der Waals surface area contributed by atoms with Crippen LogP contribution in [0.3, 0.4) is 0 Å². The maximum Gasteiger partial charge on any atom is 0.327 e. The minimum Gasteiger partial charge on any atom is -0.480 e. The zero-order valence-corrected chi connectivity index (χ0v) is 9.05. The van der Waals surface area contributed by atoms with Gasteiger partial charge in [-0.05, 0) is 12.5 Å². The maximum absolute atomic E-state index is 11.1. The lowest BCUT2D eigenvalue weighted by Gasteiger charge is -2.33. The van der Waals surface area contributed by atoms with E-state index in [0.29, 0.717) is 19.0 Å². The summed E-state index contributed by atoms with van der Waals surface area (Å²) in [6, 6.07) is -0.587. The Kier molecular flexibility index (Phi) is 3.00. The Hall–Kier alpha value is -1.69. The van der Waals surface area contributed by atoms with Gasteiger partial charge in [-0.25, -0.2) is 14.8 Å². The van der Waals surface area contributed by atoms with Crippen LogP contribution in [0.1, 0.15) is 5.56 Å². The molecule has 86 valence electrons. The van der Waals surface area contributed by atoms with Gasteiger partial charge in [-0.1, -0.05) is 0 Å². The van der Waals surface area contributed by atoms with E-state index in [1.54, 1.807) is 17.3 Å². The molecule has 2 heterocycles. The molecule has 2 rings (SSSR count). The smallest absolute Gasteiger partial charge is 0.327 e. The monoisotopic (exact) mass is 222 g/mol. The van der Waals surface area contributed by atoms with Crippen LogP contribution in [0.25, 0.3) is 0 Å². The average molecular weight is 222 g/mol. The lowest BCUT2D eigenvalue weighted by Crippen LogP contribution is -2.55. The lowest BCUT2D eigenvalue weighted by atomic mass is 10.2. The molecule has 6 nitrogen and oxygen atoms in total. The number of nitrogens with one attached hydrogen (secondary N) is 1. The van der Waals surface area contributed by atoms with Crippen molar-refractivity contribution in [1.82, 2.24) is 15.3 Å². The predicted octanol–water partition coefficient (Wildman–Crippen LogP) is -0.352. The molecule has 1 unspecified atom stereocenters. The molecule has 1 fully saturated rings. The summed E-state index contributed by atoms with van der Waals surface area (Å²) in [5.74, 6) is -0.365. The van der Waals surface area contributed by atoms with Crippen LogP contribution in [0, 0.1) is 6.92 Å². The number of piperazine rings is 1. The second-order valence-electron chi connectivity index (χ2n) is 3.81. The van der Waals surface area contributed by atoms with Crippen LogP contribution in [0.2, 0.25) is 0 Å².